The van der Waals surface area contributed by atoms with E-state index in [1.807, 2.05) is 24.3 Å². The number of aliphatic hydroxyl groups excluding tert-OH is 1. The monoisotopic (exact) mass is 240 g/mol. The van der Waals surface area contributed by atoms with Crippen molar-refractivity contribution in [3.63, 3.8) is 0 Å². The lowest BCUT2D eigenvalue weighted by molar-refractivity contribution is -0.0118. The summed E-state index contributed by atoms with van der Waals surface area (Å²) in [6.45, 7) is 0.637. The van der Waals surface area contributed by atoms with Gasteiger partial charge in [-0.1, -0.05) is 23.7 Å². The third kappa shape index (κ3) is 3.48. The summed E-state index contributed by atoms with van der Waals surface area (Å²) in [6.07, 6.45) is 3.86. The molecule has 0 atom stereocenters. The van der Waals surface area contributed by atoms with E-state index in [0.717, 1.165) is 36.3 Å². The first-order valence-electron chi connectivity index (χ1n) is 5.78. The maximum absolute atomic E-state index is 9.37. The molecule has 2 nitrogen and oxygen atoms in total. The molecule has 1 aliphatic carbocycles. The standard InChI is InChI=1S/C13H17ClO2/c14-11-3-1-10(2-4-11)9-16-13-7-5-12(15)6-8-13/h1-4,12-13,15H,5-9H2. The normalized spacial score (nSPS) is 25.6. The number of benzene rings is 1. The van der Waals surface area contributed by atoms with E-state index in [1.54, 1.807) is 0 Å². The van der Waals surface area contributed by atoms with Crippen LogP contribution in [0.4, 0.5) is 0 Å². The van der Waals surface area contributed by atoms with Gasteiger partial charge in [0.1, 0.15) is 0 Å². The van der Waals surface area contributed by atoms with Gasteiger partial charge in [-0.3, -0.25) is 0 Å². The van der Waals surface area contributed by atoms with Crippen molar-refractivity contribution in [2.24, 2.45) is 0 Å². The lowest BCUT2D eigenvalue weighted by Gasteiger charge is -2.25. The van der Waals surface area contributed by atoms with Crippen LogP contribution < -0.4 is 0 Å². The fourth-order valence-corrected chi connectivity index (χ4v) is 2.13. The van der Waals surface area contributed by atoms with Gasteiger partial charge in [-0.25, -0.2) is 0 Å². The van der Waals surface area contributed by atoms with Gasteiger partial charge in [-0.05, 0) is 43.4 Å². The van der Waals surface area contributed by atoms with Crippen molar-refractivity contribution in [2.45, 2.75) is 44.5 Å². The van der Waals surface area contributed by atoms with E-state index in [4.69, 9.17) is 16.3 Å². The molecule has 16 heavy (non-hydrogen) atoms. The quantitative estimate of drug-likeness (QED) is 0.880. The predicted octanol–water partition coefficient (Wildman–Crippen LogP) is 3.16. The zero-order chi connectivity index (χ0) is 11.4. The number of ether oxygens (including phenoxy) is 1. The molecule has 1 N–H and O–H groups in total. The number of aliphatic hydroxyl groups is 1. The summed E-state index contributed by atoms with van der Waals surface area (Å²) in [4.78, 5) is 0. The molecule has 0 aromatic heterocycles. The molecule has 0 saturated heterocycles. The lowest BCUT2D eigenvalue weighted by atomic mass is 9.95. The van der Waals surface area contributed by atoms with Gasteiger partial charge < -0.3 is 9.84 Å². The molecule has 0 heterocycles. The predicted molar refractivity (Wildman–Crippen MR) is 64.5 cm³/mol. The Bertz CT molecular complexity index is 315. The summed E-state index contributed by atoms with van der Waals surface area (Å²) in [5.74, 6) is 0. The molecule has 2 rings (SSSR count). The maximum Gasteiger partial charge on any atom is 0.0720 e. The zero-order valence-electron chi connectivity index (χ0n) is 9.23. The number of halogens is 1. The van der Waals surface area contributed by atoms with Crippen molar-refractivity contribution in [3.8, 4) is 0 Å². The van der Waals surface area contributed by atoms with Gasteiger partial charge >= 0.3 is 0 Å². The second kappa shape index (κ2) is 5.67. The van der Waals surface area contributed by atoms with Crippen molar-refractivity contribution < 1.29 is 9.84 Å². The van der Waals surface area contributed by atoms with Crippen molar-refractivity contribution in [2.75, 3.05) is 0 Å². The van der Waals surface area contributed by atoms with E-state index >= 15 is 0 Å². The first-order valence-corrected chi connectivity index (χ1v) is 6.16. The summed E-state index contributed by atoms with van der Waals surface area (Å²) < 4.78 is 5.80. The van der Waals surface area contributed by atoms with Gasteiger partial charge in [-0.2, -0.15) is 0 Å². The van der Waals surface area contributed by atoms with Crippen LogP contribution >= 0.6 is 11.6 Å². The van der Waals surface area contributed by atoms with Crippen molar-refractivity contribution in [1.29, 1.82) is 0 Å². The minimum atomic E-state index is -0.115. The van der Waals surface area contributed by atoms with Crippen LogP contribution in [0.15, 0.2) is 24.3 Å². The van der Waals surface area contributed by atoms with E-state index < -0.39 is 0 Å². The molecular weight excluding hydrogens is 224 g/mol. The molecule has 0 spiro atoms. The number of hydrogen-bond acceptors (Lipinski definition) is 2. The van der Waals surface area contributed by atoms with E-state index in [-0.39, 0.29) is 6.10 Å². The SMILES string of the molecule is OC1CCC(OCc2ccc(Cl)cc2)CC1. The topological polar surface area (TPSA) is 29.5 Å². The molecule has 1 saturated carbocycles. The van der Waals surface area contributed by atoms with Crippen LogP contribution in [-0.4, -0.2) is 17.3 Å². The highest BCUT2D eigenvalue weighted by Crippen LogP contribution is 2.22. The van der Waals surface area contributed by atoms with Crippen molar-refractivity contribution >= 4 is 11.6 Å². The summed E-state index contributed by atoms with van der Waals surface area (Å²) in [7, 11) is 0. The summed E-state index contributed by atoms with van der Waals surface area (Å²) in [6, 6.07) is 7.73. The average Bonchev–Trinajstić information content (AvgIpc) is 2.30. The second-order valence-electron chi connectivity index (χ2n) is 4.37. The van der Waals surface area contributed by atoms with Crippen LogP contribution in [0.25, 0.3) is 0 Å². The smallest absolute Gasteiger partial charge is 0.0720 e. The Morgan fingerprint density at radius 1 is 1.12 bits per heavy atom. The van der Waals surface area contributed by atoms with E-state index in [9.17, 15) is 5.11 Å². The molecule has 1 aromatic rings. The Morgan fingerprint density at radius 3 is 2.38 bits per heavy atom. The van der Waals surface area contributed by atoms with Crippen molar-refractivity contribution in [3.05, 3.63) is 34.9 Å². The Kier molecular flexibility index (Phi) is 4.22. The number of hydrogen-bond donors (Lipinski definition) is 1. The third-order valence-electron chi connectivity index (χ3n) is 3.04. The van der Waals surface area contributed by atoms with Crippen molar-refractivity contribution in [1.82, 2.24) is 0 Å². The van der Waals surface area contributed by atoms with Crippen LogP contribution in [0, 0.1) is 0 Å². The van der Waals surface area contributed by atoms with Gasteiger partial charge in [0.15, 0.2) is 0 Å². The third-order valence-corrected chi connectivity index (χ3v) is 3.29. The molecule has 3 heteroatoms. The fourth-order valence-electron chi connectivity index (χ4n) is 2.01. The lowest BCUT2D eigenvalue weighted by Crippen LogP contribution is -2.24. The van der Waals surface area contributed by atoms with Crippen LogP contribution in [0.1, 0.15) is 31.2 Å². The van der Waals surface area contributed by atoms with Gasteiger partial charge in [0.25, 0.3) is 0 Å². The van der Waals surface area contributed by atoms with E-state index in [2.05, 4.69) is 0 Å². The largest absolute Gasteiger partial charge is 0.393 e. The highest BCUT2D eigenvalue weighted by molar-refractivity contribution is 6.30. The molecule has 0 aliphatic heterocycles. The molecule has 0 unspecified atom stereocenters. The molecule has 0 amide bonds. The molecule has 1 fully saturated rings. The Labute approximate surface area is 101 Å². The van der Waals surface area contributed by atoms with E-state index in [0.29, 0.717) is 12.7 Å². The van der Waals surface area contributed by atoms with Gasteiger partial charge in [0, 0.05) is 5.02 Å². The first-order chi connectivity index (χ1) is 7.74. The van der Waals surface area contributed by atoms with Crippen LogP contribution in [0.2, 0.25) is 5.02 Å². The highest BCUT2D eigenvalue weighted by Gasteiger charge is 2.19. The molecule has 0 bridgehead atoms. The zero-order valence-corrected chi connectivity index (χ0v) is 9.99. The number of rotatable bonds is 3. The van der Waals surface area contributed by atoms with Crippen LogP contribution in [0.5, 0.6) is 0 Å². The Morgan fingerprint density at radius 2 is 1.75 bits per heavy atom. The Balaban J connectivity index is 1.77. The maximum atomic E-state index is 9.37. The van der Waals surface area contributed by atoms with Gasteiger partial charge in [0.2, 0.25) is 0 Å². The summed E-state index contributed by atoms with van der Waals surface area (Å²) in [5.41, 5.74) is 1.15. The van der Waals surface area contributed by atoms with Crippen LogP contribution in [-0.2, 0) is 11.3 Å². The average molecular weight is 241 g/mol. The highest BCUT2D eigenvalue weighted by atomic mass is 35.5. The fraction of sp³-hybridized carbons (Fsp3) is 0.538. The minimum Gasteiger partial charge on any atom is -0.393 e. The molecule has 88 valence electrons. The molecular formula is C13H17ClO2. The van der Waals surface area contributed by atoms with E-state index in [1.165, 1.54) is 0 Å². The first kappa shape index (κ1) is 11.9. The summed E-state index contributed by atoms with van der Waals surface area (Å²) >= 11 is 5.81. The molecule has 0 radical (unpaired) electrons. The molecule has 1 aromatic carbocycles. The minimum absolute atomic E-state index is 0.115. The molecule has 1 aliphatic rings. The Hall–Kier alpha value is -0.570. The van der Waals surface area contributed by atoms with Gasteiger partial charge in [-0.15, -0.1) is 0 Å². The summed E-state index contributed by atoms with van der Waals surface area (Å²) in [5, 5.41) is 10.1. The second-order valence-corrected chi connectivity index (χ2v) is 4.80. The van der Waals surface area contributed by atoms with Crippen LogP contribution in [0.3, 0.4) is 0 Å². The van der Waals surface area contributed by atoms with Gasteiger partial charge in [0.05, 0.1) is 18.8 Å².